The third kappa shape index (κ3) is 1.64. The minimum atomic E-state index is 0.720. The molecule has 0 aliphatic carbocycles. The van der Waals surface area contributed by atoms with Crippen molar-refractivity contribution in [2.45, 2.75) is 0 Å². The first-order valence-electron chi connectivity index (χ1n) is 7.08. The predicted octanol–water partition coefficient (Wildman–Crippen LogP) is 3.24. The molecule has 0 atom stereocenters. The van der Waals surface area contributed by atoms with E-state index in [1.54, 1.807) is 12.4 Å². The molecular weight excluding hydrogens is 272 g/mol. The topological polar surface area (TPSA) is 49.4 Å². The van der Waals surface area contributed by atoms with Crippen LogP contribution in [0.15, 0.2) is 79.9 Å². The van der Waals surface area contributed by atoms with E-state index in [9.17, 15) is 0 Å². The molecule has 0 N–H and O–H groups in total. The highest BCUT2D eigenvalue weighted by Crippen LogP contribution is 2.26. The molecule has 4 heteroatoms. The third-order valence-electron chi connectivity index (χ3n) is 3.91. The minimum absolute atomic E-state index is 0.720. The summed E-state index contributed by atoms with van der Waals surface area (Å²) in [4.78, 5) is 18.0. The van der Waals surface area contributed by atoms with E-state index in [0.717, 1.165) is 45.3 Å². The number of rotatable bonds is 0. The van der Waals surface area contributed by atoms with E-state index in [1.165, 1.54) is 0 Å². The van der Waals surface area contributed by atoms with Crippen LogP contribution in [0.4, 0.5) is 0 Å². The van der Waals surface area contributed by atoms with Gasteiger partial charge >= 0.3 is 0 Å². The Hall–Kier alpha value is -3.14. The molecule has 3 heterocycles. The first kappa shape index (κ1) is 11.5. The molecule has 4 nitrogen and oxygen atoms in total. The van der Waals surface area contributed by atoms with E-state index >= 15 is 0 Å². The molecule has 0 spiro atoms. The predicted molar refractivity (Wildman–Crippen MR) is 89.0 cm³/mol. The van der Waals surface area contributed by atoms with Crippen LogP contribution in [-0.4, -0.2) is 24.1 Å². The fourth-order valence-corrected chi connectivity index (χ4v) is 2.79. The molecule has 0 saturated carbocycles. The van der Waals surface area contributed by atoms with Gasteiger partial charge in [-0.15, -0.1) is 0 Å². The summed E-state index contributed by atoms with van der Waals surface area (Å²) < 4.78 is 0. The SMILES string of the molecule is C1=NC2=NC1=C1C=NC(=N1)c1cccc(c1)-c1cccc2c1. The lowest BCUT2D eigenvalue weighted by Crippen LogP contribution is -1.96. The molecule has 2 aromatic rings. The van der Waals surface area contributed by atoms with Crippen LogP contribution in [0.25, 0.3) is 11.1 Å². The zero-order chi connectivity index (χ0) is 14.5. The largest absolute Gasteiger partial charge is 0.234 e. The molecule has 102 valence electrons. The quantitative estimate of drug-likeness (QED) is 0.712. The van der Waals surface area contributed by atoms with Crippen molar-refractivity contribution in [1.82, 2.24) is 0 Å². The van der Waals surface area contributed by atoms with Gasteiger partial charge < -0.3 is 0 Å². The smallest absolute Gasteiger partial charge is 0.159 e. The number of aliphatic imine (C=N–C) groups is 4. The summed E-state index contributed by atoms with van der Waals surface area (Å²) in [6, 6.07) is 16.6. The van der Waals surface area contributed by atoms with Crippen LogP contribution in [0.3, 0.4) is 0 Å². The van der Waals surface area contributed by atoms with Crippen LogP contribution in [0.1, 0.15) is 11.1 Å². The maximum absolute atomic E-state index is 4.59. The van der Waals surface area contributed by atoms with E-state index in [4.69, 9.17) is 0 Å². The van der Waals surface area contributed by atoms with Crippen molar-refractivity contribution >= 4 is 24.1 Å². The second kappa shape index (κ2) is 4.18. The number of benzene rings is 2. The van der Waals surface area contributed by atoms with Crippen LogP contribution in [0.2, 0.25) is 0 Å². The summed E-state index contributed by atoms with van der Waals surface area (Å²) in [6.07, 6.45) is 3.51. The van der Waals surface area contributed by atoms with Gasteiger partial charge in [-0.25, -0.2) is 20.0 Å². The molecule has 0 fully saturated rings. The molecule has 8 bridgehead atoms. The van der Waals surface area contributed by atoms with Gasteiger partial charge in [0.1, 0.15) is 11.4 Å². The average molecular weight is 282 g/mol. The molecule has 2 aromatic carbocycles. The number of amidine groups is 2. The maximum atomic E-state index is 4.59. The highest BCUT2D eigenvalue weighted by Gasteiger charge is 2.18. The molecule has 0 unspecified atom stereocenters. The summed E-state index contributed by atoms with van der Waals surface area (Å²) in [5.41, 5.74) is 5.81. The van der Waals surface area contributed by atoms with Gasteiger partial charge in [-0.1, -0.05) is 36.4 Å². The number of hydrogen-bond acceptors (Lipinski definition) is 4. The van der Waals surface area contributed by atoms with Crippen LogP contribution in [0, 0.1) is 0 Å². The number of nitrogens with zero attached hydrogens (tertiary/aromatic N) is 4. The Morgan fingerprint density at radius 3 is 1.50 bits per heavy atom. The van der Waals surface area contributed by atoms with Gasteiger partial charge in [0.2, 0.25) is 0 Å². The van der Waals surface area contributed by atoms with E-state index in [2.05, 4.69) is 44.2 Å². The van der Waals surface area contributed by atoms with Crippen molar-refractivity contribution in [2.24, 2.45) is 20.0 Å². The van der Waals surface area contributed by atoms with E-state index < -0.39 is 0 Å². The van der Waals surface area contributed by atoms with Crippen molar-refractivity contribution in [3.05, 3.63) is 71.1 Å². The first-order valence-corrected chi connectivity index (χ1v) is 7.08. The zero-order valence-electron chi connectivity index (χ0n) is 11.6. The number of hydrogen-bond donors (Lipinski definition) is 0. The van der Waals surface area contributed by atoms with Crippen molar-refractivity contribution in [2.75, 3.05) is 0 Å². The van der Waals surface area contributed by atoms with Gasteiger partial charge in [0.15, 0.2) is 11.7 Å². The standard InChI is InChI=1S/C18H10N4/c1-3-11-7-13(5-1)17-19-9-15(21-17)16-10-20-18(22-16)14-6-2-4-12(11)8-14/h1-10H. The minimum Gasteiger partial charge on any atom is -0.234 e. The lowest BCUT2D eigenvalue weighted by molar-refractivity contribution is 1.37. The van der Waals surface area contributed by atoms with Gasteiger partial charge in [0.25, 0.3) is 0 Å². The van der Waals surface area contributed by atoms with E-state index in [-0.39, 0.29) is 0 Å². The Balaban J connectivity index is 1.87. The fraction of sp³-hybridized carbons (Fsp3) is 0. The maximum Gasteiger partial charge on any atom is 0.159 e. The first-order chi connectivity index (χ1) is 10.9. The Kier molecular flexibility index (Phi) is 2.19. The zero-order valence-corrected chi connectivity index (χ0v) is 11.6. The van der Waals surface area contributed by atoms with Crippen LogP contribution >= 0.6 is 0 Å². The van der Waals surface area contributed by atoms with Crippen molar-refractivity contribution < 1.29 is 0 Å². The third-order valence-corrected chi connectivity index (χ3v) is 3.91. The van der Waals surface area contributed by atoms with Gasteiger partial charge in [0.05, 0.1) is 12.4 Å². The normalized spacial score (nSPS) is 17.1. The molecule has 3 aliphatic rings. The lowest BCUT2D eigenvalue weighted by Gasteiger charge is -2.07. The molecular formula is C18H10N4. The van der Waals surface area contributed by atoms with Gasteiger partial charge in [-0.3, -0.25) is 0 Å². The van der Waals surface area contributed by atoms with Crippen LogP contribution < -0.4 is 0 Å². The Labute approximate surface area is 127 Å². The monoisotopic (exact) mass is 282 g/mol. The van der Waals surface area contributed by atoms with E-state index in [0.29, 0.717) is 0 Å². The van der Waals surface area contributed by atoms with Crippen molar-refractivity contribution in [3.8, 4) is 11.1 Å². The fourth-order valence-electron chi connectivity index (χ4n) is 2.79. The Bertz CT molecular complexity index is 895. The molecule has 3 aliphatic heterocycles. The summed E-state index contributed by atoms with van der Waals surface area (Å²) >= 11 is 0. The number of fused-ring (bicyclic) bond motifs is 9. The second-order valence-electron chi connectivity index (χ2n) is 5.32. The highest BCUT2D eigenvalue weighted by molar-refractivity contribution is 6.16. The summed E-state index contributed by atoms with van der Waals surface area (Å²) in [5, 5.41) is 0. The van der Waals surface area contributed by atoms with Crippen molar-refractivity contribution in [1.29, 1.82) is 0 Å². The molecule has 5 rings (SSSR count). The summed E-state index contributed by atoms with van der Waals surface area (Å²) in [6.45, 7) is 0. The van der Waals surface area contributed by atoms with Crippen molar-refractivity contribution in [3.63, 3.8) is 0 Å². The molecule has 0 aromatic heterocycles. The molecule has 0 amide bonds. The van der Waals surface area contributed by atoms with Gasteiger partial charge in [-0.05, 0) is 23.3 Å². The summed E-state index contributed by atoms with van der Waals surface area (Å²) in [5.74, 6) is 1.44. The molecule has 0 saturated heterocycles. The van der Waals surface area contributed by atoms with Crippen LogP contribution in [-0.2, 0) is 0 Å². The highest BCUT2D eigenvalue weighted by atomic mass is 15.0. The second-order valence-corrected chi connectivity index (χ2v) is 5.32. The number of allylic oxidation sites excluding steroid dienone is 2. The lowest BCUT2D eigenvalue weighted by atomic mass is 10.0. The van der Waals surface area contributed by atoms with Gasteiger partial charge in [0, 0.05) is 11.1 Å². The van der Waals surface area contributed by atoms with Gasteiger partial charge in [-0.2, -0.15) is 0 Å². The summed E-state index contributed by atoms with van der Waals surface area (Å²) in [7, 11) is 0. The Morgan fingerprint density at radius 2 is 1.00 bits per heavy atom. The van der Waals surface area contributed by atoms with E-state index in [1.807, 2.05) is 24.3 Å². The molecule has 22 heavy (non-hydrogen) atoms. The average Bonchev–Trinajstić information content (AvgIpc) is 3.24. The Morgan fingerprint density at radius 1 is 0.545 bits per heavy atom. The molecule has 0 radical (unpaired) electrons. The van der Waals surface area contributed by atoms with Crippen LogP contribution in [0.5, 0.6) is 0 Å².